The van der Waals surface area contributed by atoms with Crippen molar-refractivity contribution in [1.82, 2.24) is 0 Å². The topological polar surface area (TPSA) is 37.3 Å². The lowest BCUT2D eigenvalue weighted by atomic mass is 10.0. The Morgan fingerprint density at radius 2 is 1.50 bits per heavy atom. The van der Waals surface area contributed by atoms with E-state index in [1.807, 2.05) is 71.0 Å². The van der Waals surface area contributed by atoms with Crippen LogP contribution in [0, 0.1) is 6.92 Å². The molecule has 0 saturated heterocycles. The highest BCUT2D eigenvalue weighted by atomic mass is 31.2. The van der Waals surface area contributed by atoms with Crippen molar-refractivity contribution < 1.29 is 9.67 Å². The first-order valence-electron chi connectivity index (χ1n) is 7.77. The van der Waals surface area contributed by atoms with E-state index in [2.05, 4.69) is 0 Å². The van der Waals surface area contributed by atoms with Crippen LogP contribution in [0.5, 0.6) is 5.75 Å². The Bertz CT molecular complexity index is 705. The molecule has 2 aromatic rings. The second kappa shape index (κ2) is 6.30. The summed E-state index contributed by atoms with van der Waals surface area (Å²) in [6.07, 6.45) is 0. The molecular weight excluding hydrogens is 291 g/mol. The third-order valence-electron chi connectivity index (χ3n) is 4.26. The quantitative estimate of drug-likeness (QED) is 0.790. The van der Waals surface area contributed by atoms with Crippen molar-refractivity contribution in [2.75, 3.05) is 0 Å². The zero-order chi connectivity index (χ0) is 16.5. The molecule has 0 amide bonds. The van der Waals surface area contributed by atoms with E-state index in [-0.39, 0.29) is 17.1 Å². The summed E-state index contributed by atoms with van der Waals surface area (Å²) in [4.78, 5) is 0. The van der Waals surface area contributed by atoms with Crippen LogP contribution in [0.25, 0.3) is 11.1 Å². The molecule has 3 heteroatoms. The first-order valence-corrected chi connectivity index (χ1v) is 9.62. The monoisotopic (exact) mass is 316 g/mol. The molecule has 0 unspecified atom stereocenters. The summed E-state index contributed by atoms with van der Waals surface area (Å²) in [5.74, 6) is 0.242. The Labute approximate surface area is 133 Å². The first kappa shape index (κ1) is 16.8. The van der Waals surface area contributed by atoms with E-state index in [0.717, 1.165) is 22.0 Å². The van der Waals surface area contributed by atoms with Crippen molar-refractivity contribution in [3.63, 3.8) is 0 Å². The second-order valence-electron chi connectivity index (χ2n) is 6.43. The predicted octanol–water partition coefficient (Wildman–Crippen LogP) is 5.17. The van der Waals surface area contributed by atoms with Crippen LogP contribution in [0.3, 0.4) is 0 Å². The highest BCUT2D eigenvalue weighted by Gasteiger charge is 2.34. The van der Waals surface area contributed by atoms with Crippen molar-refractivity contribution in [1.29, 1.82) is 0 Å². The van der Waals surface area contributed by atoms with Crippen LogP contribution in [-0.2, 0) is 4.57 Å². The predicted molar refractivity (Wildman–Crippen MR) is 95.8 cm³/mol. The third-order valence-corrected chi connectivity index (χ3v) is 8.47. The standard InChI is InChI=1S/C19H25O2P/c1-13(2)22(21,14(3)4)19-9-7-6-8-17(19)16-11-10-15(5)12-18(16)20/h6-14,20H,1-5H3. The number of phenols is 1. The summed E-state index contributed by atoms with van der Waals surface area (Å²) in [5.41, 5.74) is 2.78. The van der Waals surface area contributed by atoms with Gasteiger partial charge in [-0.1, -0.05) is 64.1 Å². The SMILES string of the molecule is Cc1ccc(-c2ccccc2P(=O)(C(C)C)C(C)C)c(O)c1. The van der Waals surface area contributed by atoms with Crippen molar-refractivity contribution >= 4 is 12.4 Å². The van der Waals surface area contributed by atoms with Crippen LogP contribution >= 0.6 is 7.14 Å². The fourth-order valence-corrected chi connectivity index (χ4v) is 6.22. The lowest BCUT2D eigenvalue weighted by Crippen LogP contribution is -2.21. The molecule has 0 heterocycles. The van der Waals surface area contributed by atoms with Crippen molar-refractivity contribution in [3.8, 4) is 16.9 Å². The summed E-state index contributed by atoms with van der Waals surface area (Å²) in [7, 11) is -2.56. The zero-order valence-electron chi connectivity index (χ0n) is 14.0. The highest BCUT2D eigenvalue weighted by molar-refractivity contribution is 7.73. The number of benzene rings is 2. The first-order chi connectivity index (χ1) is 10.3. The average Bonchev–Trinajstić information content (AvgIpc) is 2.46. The van der Waals surface area contributed by atoms with E-state index in [4.69, 9.17) is 0 Å². The third kappa shape index (κ3) is 2.85. The molecule has 0 aliphatic rings. The van der Waals surface area contributed by atoms with E-state index in [0.29, 0.717) is 0 Å². The molecule has 118 valence electrons. The lowest BCUT2D eigenvalue weighted by molar-refractivity contribution is 0.477. The summed E-state index contributed by atoms with van der Waals surface area (Å²) in [5, 5.41) is 11.2. The van der Waals surface area contributed by atoms with E-state index in [1.165, 1.54) is 0 Å². The summed E-state index contributed by atoms with van der Waals surface area (Å²) in [6.45, 7) is 10.0. The molecule has 0 bridgehead atoms. The van der Waals surface area contributed by atoms with E-state index < -0.39 is 7.14 Å². The summed E-state index contributed by atoms with van der Waals surface area (Å²) in [6, 6.07) is 13.4. The minimum absolute atomic E-state index is 0.0706. The molecule has 0 aromatic heterocycles. The Balaban J connectivity index is 2.73. The lowest BCUT2D eigenvalue weighted by Gasteiger charge is -2.28. The van der Waals surface area contributed by atoms with Crippen molar-refractivity contribution in [2.24, 2.45) is 0 Å². The van der Waals surface area contributed by atoms with Gasteiger partial charge < -0.3 is 9.67 Å². The Hall–Kier alpha value is -1.53. The summed E-state index contributed by atoms with van der Waals surface area (Å²) < 4.78 is 13.7. The second-order valence-corrected chi connectivity index (χ2v) is 10.4. The maximum atomic E-state index is 13.7. The number of hydrogen-bond donors (Lipinski definition) is 1. The molecule has 22 heavy (non-hydrogen) atoms. The van der Waals surface area contributed by atoms with Gasteiger partial charge >= 0.3 is 0 Å². The van der Waals surface area contributed by atoms with Gasteiger partial charge in [0.05, 0.1) is 0 Å². The van der Waals surface area contributed by atoms with Crippen molar-refractivity contribution in [3.05, 3.63) is 48.0 Å². The molecule has 2 nitrogen and oxygen atoms in total. The molecule has 0 spiro atoms. The van der Waals surface area contributed by atoms with Crippen LogP contribution < -0.4 is 5.30 Å². The molecule has 0 saturated carbocycles. The smallest absolute Gasteiger partial charge is 0.123 e. The number of phenolic OH excluding ortho intramolecular Hbond substituents is 1. The molecule has 2 rings (SSSR count). The maximum Gasteiger partial charge on any atom is 0.123 e. The molecule has 0 atom stereocenters. The van der Waals surface area contributed by atoms with Crippen LogP contribution in [-0.4, -0.2) is 16.4 Å². The fourth-order valence-electron chi connectivity index (χ4n) is 3.03. The number of aryl methyl sites for hydroxylation is 1. The summed E-state index contributed by atoms with van der Waals surface area (Å²) >= 11 is 0. The van der Waals surface area contributed by atoms with Crippen molar-refractivity contribution in [2.45, 2.75) is 45.9 Å². The highest BCUT2D eigenvalue weighted by Crippen LogP contribution is 2.55. The Morgan fingerprint density at radius 1 is 0.909 bits per heavy atom. The van der Waals surface area contributed by atoms with Crippen LogP contribution in [0.15, 0.2) is 42.5 Å². The van der Waals surface area contributed by atoms with Crippen LogP contribution in [0.4, 0.5) is 0 Å². The van der Waals surface area contributed by atoms with Gasteiger partial charge in [0.2, 0.25) is 0 Å². The van der Waals surface area contributed by atoms with Gasteiger partial charge in [-0.05, 0) is 24.1 Å². The molecule has 2 aromatic carbocycles. The minimum Gasteiger partial charge on any atom is -0.507 e. The molecule has 0 fully saturated rings. The average molecular weight is 316 g/mol. The van der Waals surface area contributed by atoms with Gasteiger partial charge in [-0.2, -0.15) is 0 Å². The van der Waals surface area contributed by atoms with Gasteiger partial charge in [-0.3, -0.25) is 0 Å². The van der Waals surface area contributed by atoms with E-state index in [9.17, 15) is 9.67 Å². The molecule has 0 aliphatic carbocycles. The van der Waals surface area contributed by atoms with Crippen LogP contribution in [0.1, 0.15) is 33.3 Å². The van der Waals surface area contributed by atoms with Gasteiger partial charge in [-0.25, -0.2) is 0 Å². The molecular formula is C19H25O2P. The van der Waals surface area contributed by atoms with E-state index >= 15 is 0 Å². The maximum absolute atomic E-state index is 13.7. The number of aromatic hydroxyl groups is 1. The van der Waals surface area contributed by atoms with Gasteiger partial charge in [0, 0.05) is 22.2 Å². The van der Waals surface area contributed by atoms with Gasteiger partial charge in [-0.15, -0.1) is 0 Å². The zero-order valence-corrected chi connectivity index (χ0v) is 14.9. The molecule has 1 N–H and O–H groups in total. The van der Waals surface area contributed by atoms with Gasteiger partial charge in [0.1, 0.15) is 12.9 Å². The molecule has 0 radical (unpaired) electrons. The normalized spacial score (nSPS) is 12.1. The Morgan fingerprint density at radius 3 is 2.05 bits per heavy atom. The minimum atomic E-state index is -2.56. The van der Waals surface area contributed by atoms with Gasteiger partial charge in [0.25, 0.3) is 0 Å². The Kier molecular flexibility index (Phi) is 4.82. The fraction of sp³-hybridized carbons (Fsp3) is 0.368. The number of rotatable bonds is 4. The van der Waals surface area contributed by atoms with E-state index in [1.54, 1.807) is 6.07 Å². The van der Waals surface area contributed by atoms with Crippen LogP contribution in [0.2, 0.25) is 0 Å². The largest absolute Gasteiger partial charge is 0.507 e. The molecule has 0 aliphatic heterocycles. The van der Waals surface area contributed by atoms with Gasteiger partial charge in [0.15, 0.2) is 0 Å². The number of hydrogen-bond acceptors (Lipinski definition) is 2.